The Labute approximate surface area is 97.4 Å². The van der Waals surface area contributed by atoms with Crippen LogP contribution in [0.15, 0.2) is 12.1 Å². The summed E-state index contributed by atoms with van der Waals surface area (Å²) in [4.78, 5) is 21.9. The number of halogens is 2. The average Bonchev–Trinajstić information content (AvgIpc) is 2.18. The Balaban J connectivity index is 3.11. The lowest BCUT2D eigenvalue weighted by atomic mass is 10.1. The number of aldehydes is 1. The van der Waals surface area contributed by atoms with E-state index in [1.165, 1.54) is 0 Å². The maximum atomic E-state index is 13.4. The topological polar surface area (TPSA) is 43.4 Å². The molecule has 0 aliphatic heterocycles. The first kappa shape index (κ1) is 13.3. The van der Waals surface area contributed by atoms with E-state index in [1.807, 2.05) is 0 Å². The van der Waals surface area contributed by atoms with Gasteiger partial charge in [0.05, 0.1) is 11.1 Å². The summed E-state index contributed by atoms with van der Waals surface area (Å²) < 4.78 is 31.5. The molecule has 0 aliphatic rings. The fourth-order valence-electron chi connectivity index (χ4n) is 1.14. The zero-order valence-electron chi connectivity index (χ0n) is 9.71. The van der Waals surface area contributed by atoms with Crippen LogP contribution in [0.1, 0.15) is 41.5 Å². The van der Waals surface area contributed by atoms with E-state index in [2.05, 4.69) is 0 Å². The quantitative estimate of drug-likeness (QED) is 0.591. The van der Waals surface area contributed by atoms with Crippen molar-refractivity contribution in [1.29, 1.82) is 0 Å². The number of esters is 1. The van der Waals surface area contributed by atoms with Crippen molar-refractivity contribution in [2.24, 2.45) is 0 Å². The van der Waals surface area contributed by atoms with Gasteiger partial charge in [0.15, 0.2) is 6.29 Å². The van der Waals surface area contributed by atoms with Crippen LogP contribution >= 0.6 is 0 Å². The van der Waals surface area contributed by atoms with E-state index >= 15 is 0 Å². The minimum absolute atomic E-state index is 0.178. The molecule has 0 bridgehead atoms. The van der Waals surface area contributed by atoms with Crippen molar-refractivity contribution in [1.82, 2.24) is 0 Å². The third kappa shape index (κ3) is 3.34. The van der Waals surface area contributed by atoms with Gasteiger partial charge in [-0.15, -0.1) is 0 Å². The molecule has 5 heteroatoms. The van der Waals surface area contributed by atoms with Crippen LogP contribution in [0.25, 0.3) is 0 Å². The Kier molecular flexibility index (Phi) is 3.60. The Morgan fingerprint density at radius 3 is 2.29 bits per heavy atom. The molecule has 0 aromatic heterocycles. The van der Waals surface area contributed by atoms with Gasteiger partial charge in [0.2, 0.25) is 0 Å². The number of benzene rings is 1. The summed E-state index contributed by atoms with van der Waals surface area (Å²) in [6.07, 6.45) is 0.178. The fourth-order valence-corrected chi connectivity index (χ4v) is 1.14. The molecule has 1 aromatic rings. The third-order valence-corrected chi connectivity index (χ3v) is 1.83. The second-order valence-corrected chi connectivity index (χ2v) is 4.47. The second-order valence-electron chi connectivity index (χ2n) is 4.47. The Bertz CT molecular complexity index is 462. The van der Waals surface area contributed by atoms with Crippen LogP contribution in [0.5, 0.6) is 0 Å². The van der Waals surface area contributed by atoms with Crippen molar-refractivity contribution in [2.45, 2.75) is 26.4 Å². The monoisotopic (exact) mass is 242 g/mol. The summed E-state index contributed by atoms with van der Waals surface area (Å²) in [5.41, 5.74) is -1.76. The Morgan fingerprint density at radius 2 is 1.82 bits per heavy atom. The van der Waals surface area contributed by atoms with E-state index in [4.69, 9.17) is 4.74 Å². The summed E-state index contributed by atoms with van der Waals surface area (Å²) in [5, 5.41) is 0. The molecular weight excluding hydrogens is 230 g/mol. The SMILES string of the molecule is CC(C)(C)OC(=O)c1cc(F)c(C=O)cc1F. The lowest BCUT2D eigenvalue weighted by Crippen LogP contribution is -2.24. The summed E-state index contributed by atoms with van der Waals surface area (Å²) in [6, 6.07) is 1.33. The first-order valence-corrected chi connectivity index (χ1v) is 4.92. The zero-order valence-corrected chi connectivity index (χ0v) is 9.71. The van der Waals surface area contributed by atoms with E-state index < -0.39 is 34.3 Å². The molecule has 1 rings (SSSR count). The highest BCUT2D eigenvalue weighted by Gasteiger charge is 2.22. The van der Waals surface area contributed by atoms with Crippen molar-refractivity contribution in [3.05, 3.63) is 34.9 Å². The Hall–Kier alpha value is -1.78. The predicted octanol–water partition coefficient (Wildman–Crippen LogP) is 2.73. The van der Waals surface area contributed by atoms with E-state index in [-0.39, 0.29) is 6.29 Å². The summed E-state index contributed by atoms with van der Waals surface area (Å²) in [5.74, 6) is -2.91. The van der Waals surface area contributed by atoms with E-state index in [1.54, 1.807) is 20.8 Å². The van der Waals surface area contributed by atoms with Gasteiger partial charge in [0.25, 0.3) is 0 Å². The van der Waals surface area contributed by atoms with Gasteiger partial charge < -0.3 is 4.74 Å². The first-order valence-electron chi connectivity index (χ1n) is 4.92. The average molecular weight is 242 g/mol. The number of ether oxygens (including phenoxy) is 1. The molecule has 0 aliphatic carbocycles. The maximum Gasteiger partial charge on any atom is 0.341 e. The van der Waals surface area contributed by atoms with E-state index in [0.29, 0.717) is 12.1 Å². The van der Waals surface area contributed by atoms with Gasteiger partial charge in [-0.05, 0) is 32.9 Å². The number of hydrogen-bond acceptors (Lipinski definition) is 3. The molecule has 0 atom stereocenters. The van der Waals surface area contributed by atoms with Gasteiger partial charge in [-0.3, -0.25) is 4.79 Å². The zero-order chi connectivity index (χ0) is 13.2. The molecule has 0 spiro atoms. The van der Waals surface area contributed by atoms with Gasteiger partial charge in [0.1, 0.15) is 17.2 Å². The molecule has 0 heterocycles. The van der Waals surface area contributed by atoms with Gasteiger partial charge >= 0.3 is 5.97 Å². The summed E-state index contributed by atoms with van der Waals surface area (Å²) in [7, 11) is 0. The van der Waals surface area contributed by atoms with Crippen LogP contribution in [0.4, 0.5) is 8.78 Å². The molecule has 17 heavy (non-hydrogen) atoms. The molecule has 1 aromatic carbocycles. The third-order valence-electron chi connectivity index (χ3n) is 1.83. The van der Waals surface area contributed by atoms with Gasteiger partial charge in [-0.2, -0.15) is 0 Å². The summed E-state index contributed by atoms with van der Waals surface area (Å²) in [6.45, 7) is 4.83. The molecule has 92 valence electrons. The highest BCUT2D eigenvalue weighted by molar-refractivity contribution is 5.91. The van der Waals surface area contributed by atoms with Gasteiger partial charge in [0, 0.05) is 0 Å². The van der Waals surface area contributed by atoms with Crippen LogP contribution in [0.2, 0.25) is 0 Å². The van der Waals surface area contributed by atoms with Gasteiger partial charge in [-0.25, -0.2) is 13.6 Å². The maximum absolute atomic E-state index is 13.4. The molecule has 0 saturated carbocycles. The van der Waals surface area contributed by atoms with Crippen LogP contribution in [-0.2, 0) is 4.74 Å². The number of carbonyl (C=O) groups is 2. The van der Waals surface area contributed by atoms with Crippen LogP contribution in [0.3, 0.4) is 0 Å². The lowest BCUT2D eigenvalue weighted by molar-refractivity contribution is 0.00639. The van der Waals surface area contributed by atoms with Crippen molar-refractivity contribution in [3.63, 3.8) is 0 Å². The highest BCUT2D eigenvalue weighted by atomic mass is 19.1. The molecular formula is C12H12F2O3. The minimum Gasteiger partial charge on any atom is -0.456 e. The van der Waals surface area contributed by atoms with Crippen LogP contribution in [-0.4, -0.2) is 17.9 Å². The molecule has 0 saturated heterocycles. The summed E-state index contributed by atoms with van der Waals surface area (Å²) >= 11 is 0. The second kappa shape index (κ2) is 4.61. The standard InChI is InChI=1S/C12H12F2O3/c1-12(2,3)17-11(16)8-5-9(13)7(6-15)4-10(8)14/h4-6H,1-3H3. The van der Waals surface area contributed by atoms with Crippen molar-refractivity contribution < 1.29 is 23.1 Å². The predicted molar refractivity (Wildman–Crippen MR) is 56.9 cm³/mol. The molecule has 3 nitrogen and oxygen atoms in total. The highest BCUT2D eigenvalue weighted by Crippen LogP contribution is 2.17. The first-order chi connectivity index (χ1) is 7.74. The lowest BCUT2D eigenvalue weighted by Gasteiger charge is -2.19. The van der Waals surface area contributed by atoms with Crippen LogP contribution < -0.4 is 0 Å². The number of carbonyl (C=O) groups excluding carboxylic acids is 2. The van der Waals surface area contributed by atoms with Crippen molar-refractivity contribution in [3.8, 4) is 0 Å². The van der Waals surface area contributed by atoms with E-state index in [9.17, 15) is 18.4 Å². The fraction of sp³-hybridized carbons (Fsp3) is 0.333. The van der Waals surface area contributed by atoms with Crippen molar-refractivity contribution in [2.75, 3.05) is 0 Å². The Morgan fingerprint density at radius 1 is 1.24 bits per heavy atom. The normalized spacial score (nSPS) is 11.1. The smallest absolute Gasteiger partial charge is 0.341 e. The molecule has 0 unspecified atom stereocenters. The molecule has 0 N–H and O–H groups in total. The van der Waals surface area contributed by atoms with Crippen molar-refractivity contribution >= 4 is 12.3 Å². The number of rotatable bonds is 2. The van der Waals surface area contributed by atoms with Gasteiger partial charge in [-0.1, -0.05) is 0 Å². The molecule has 0 fully saturated rings. The van der Waals surface area contributed by atoms with Crippen LogP contribution in [0, 0.1) is 11.6 Å². The molecule has 0 amide bonds. The van der Waals surface area contributed by atoms with E-state index in [0.717, 1.165) is 0 Å². The number of hydrogen-bond donors (Lipinski definition) is 0. The molecule has 0 radical (unpaired) electrons. The largest absolute Gasteiger partial charge is 0.456 e. The minimum atomic E-state index is -0.984.